The van der Waals surface area contributed by atoms with Crippen LogP contribution in [0.2, 0.25) is 0 Å². The molecule has 0 bridgehead atoms. The lowest BCUT2D eigenvalue weighted by Crippen LogP contribution is -2.06. The molecule has 1 aromatic heterocycles. The number of nitrogens with one attached hydrogen (secondary N) is 1. The van der Waals surface area contributed by atoms with Crippen molar-refractivity contribution in [3.8, 4) is 22.7 Å². The second-order valence-electron chi connectivity index (χ2n) is 5.56. The fraction of sp³-hybridized carbons (Fsp3) is 0.167. The molecule has 2 aromatic carbocycles. The summed E-state index contributed by atoms with van der Waals surface area (Å²) in [4.78, 5) is 0. The van der Waals surface area contributed by atoms with E-state index in [0.717, 1.165) is 41.7 Å². The minimum atomic E-state index is -0.652. The van der Waals surface area contributed by atoms with Gasteiger partial charge in [-0.05, 0) is 30.7 Å². The highest BCUT2D eigenvalue weighted by Gasteiger charge is 2.26. The zero-order valence-electron chi connectivity index (χ0n) is 13.0. The Kier molecular flexibility index (Phi) is 3.45. The first-order chi connectivity index (χ1) is 11.7. The maximum Gasteiger partial charge on any atom is 0.151 e. The third kappa shape index (κ3) is 2.22. The van der Waals surface area contributed by atoms with Gasteiger partial charge >= 0.3 is 0 Å². The predicted octanol–water partition coefficient (Wildman–Crippen LogP) is 3.79. The summed E-state index contributed by atoms with van der Waals surface area (Å²) in [7, 11) is 1.61. The summed E-state index contributed by atoms with van der Waals surface area (Å²) in [6.07, 6.45) is 0.783. The third-order valence-electron chi connectivity index (χ3n) is 4.15. The van der Waals surface area contributed by atoms with E-state index in [0.29, 0.717) is 5.75 Å². The first-order valence-electron chi connectivity index (χ1n) is 7.63. The van der Waals surface area contributed by atoms with Crippen LogP contribution in [0, 0.1) is 11.6 Å². The molecule has 0 radical (unpaired) electrons. The Morgan fingerprint density at radius 2 is 2.00 bits per heavy atom. The van der Waals surface area contributed by atoms with Crippen LogP contribution in [0.15, 0.2) is 42.5 Å². The van der Waals surface area contributed by atoms with Gasteiger partial charge in [-0.2, -0.15) is 5.10 Å². The lowest BCUT2D eigenvalue weighted by Gasteiger charge is -2.08. The maximum absolute atomic E-state index is 14.2. The van der Waals surface area contributed by atoms with Gasteiger partial charge in [-0.3, -0.25) is 0 Å². The minimum absolute atomic E-state index is 0.211. The van der Waals surface area contributed by atoms with Crippen molar-refractivity contribution < 1.29 is 13.5 Å². The van der Waals surface area contributed by atoms with E-state index >= 15 is 0 Å². The zero-order chi connectivity index (χ0) is 16.7. The van der Waals surface area contributed by atoms with Crippen LogP contribution in [0.4, 0.5) is 14.6 Å². The molecule has 0 spiro atoms. The number of para-hydroxylation sites is 1. The summed E-state index contributed by atoms with van der Waals surface area (Å²) < 4.78 is 34.3. The van der Waals surface area contributed by atoms with Gasteiger partial charge in [0.05, 0.1) is 7.11 Å². The van der Waals surface area contributed by atoms with Crippen LogP contribution in [-0.4, -0.2) is 23.4 Å². The van der Waals surface area contributed by atoms with Crippen molar-refractivity contribution in [2.75, 3.05) is 19.0 Å². The Labute approximate surface area is 137 Å². The number of rotatable bonds is 3. The fourth-order valence-corrected chi connectivity index (χ4v) is 3.06. The number of ether oxygens (including phenoxy) is 1. The van der Waals surface area contributed by atoms with Crippen LogP contribution >= 0.6 is 0 Å². The summed E-state index contributed by atoms with van der Waals surface area (Å²) in [5.74, 6) is 0.177. The molecule has 0 saturated carbocycles. The predicted molar refractivity (Wildman–Crippen MR) is 87.7 cm³/mol. The van der Waals surface area contributed by atoms with Crippen LogP contribution in [0.25, 0.3) is 16.9 Å². The van der Waals surface area contributed by atoms with Gasteiger partial charge in [0.1, 0.15) is 28.8 Å². The molecule has 6 heteroatoms. The van der Waals surface area contributed by atoms with Gasteiger partial charge in [0.25, 0.3) is 0 Å². The normalized spacial score (nSPS) is 12.8. The molecule has 122 valence electrons. The van der Waals surface area contributed by atoms with E-state index in [-0.39, 0.29) is 5.69 Å². The molecule has 2 heterocycles. The number of benzene rings is 2. The summed E-state index contributed by atoms with van der Waals surface area (Å²) in [5.41, 5.74) is 2.81. The summed E-state index contributed by atoms with van der Waals surface area (Å²) in [5, 5.41) is 7.82. The van der Waals surface area contributed by atoms with Crippen molar-refractivity contribution in [2.24, 2.45) is 0 Å². The summed E-state index contributed by atoms with van der Waals surface area (Å²) >= 11 is 0. The molecule has 4 rings (SSSR count). The highest BCUT2D eigenvalue weighted by molar-refractivity contribution is 5.76. The number of fused-ring (bicyclic) bond motifs is 1. The summed E-state index contributed by atoms with van der Waals surface area (Å²) in [6, 6.07) is 11.1. The summed E-state index contributed by atoms with van der Waals surface area (Å²) in [6.45, 7) is 0.748. The number of hydrogen-bond donors (Lipinski definition) is 1. The molecule has 0 fully saturated rings. The standard InChI is InChI=1S/C18H15F2N3O/c1-24-16-5-3-2-4-12(16)17-13-8-9-21-18(13)23(22-17)15-7-6-11(19)10-14(15)20/h2-7,10,21H,8-9H2,1H3. The molecular formula is C18H15F2N3O. The van der Waals surface area contributed by atoms with Gasteiger partial charge in [0.2, 0.25) is 0 Å². The Balaban J connectivity index is 1.93. The first-order valence-corrected chi connectivity index (χ1v) is 7.63. The Bertz CT molecular complexity index is 921. The van der Waals surface area contributed by atoms with Crippen LogP contribution in [0.3, 0.4) is 0 Å². The van der Waals surface area contributed by atoms with Crippen molar-refractivity contribution in [1.82, 2.24) is 9.78 Å². The van der Waals surface area contributed by atoms with Gasteiger partial charge < -0.3 is 10.1 Å². The molecule has 0 unspecified atom stereocenters. The molecule has 0 atom stereocenters. The average molecular weight is 327 g/mol. The van der Waals surface area contributed by atoms with Crippen LogP contribution in [-0.2, 0) is 6.42 Å². The van der Waals surface area contributed by atoms with Gasteiger partial charge in [0.15, 0.2) is 5.82 Å². The number of nitrogens with zero attached hydrogens (tertiary/aromatic N) is 2. The average Bonchev–Trinajstić information content (AvgIpc) is 3.18. The molecule has 0 amide bonds. The minimum Gasteiger partial charge on any atom is -0.496 e. The number of methoxy groups -OCH3 is 1. The molecule has 24 heavy (non-hydrogen) atoms. The molecule has 0 saturated heterocycles. The number of anilines is 1. The van der Waals surface area contributed by atoms with Gasteiger partial charge in [0, 0.05) is 23.7 Å². The highest BCUT2D eigenvalue weighted by Crippen LogP contribution is 2.38. The molecule has 4 nitrogen and oxygen atoms in total. The molecule has 1 N–H and O–H groups in total. The monoisotopic (exact) mass is 327 g/mol. The van der Waals surface area contributed by atoms with Gasteiger partial charge in [-0.15, -0.1) is 0 Å². The lowest BCUT2D eigenvalue weighted by atomic mass is 10.1. The smallest absolute Gasteiger partial charge is 0.151 e. The van der Waals surface area contributed by atoms with Crippen LogP contribution in [0.1, 0.15) is 5.56 Å². The molecule has 1 aliphatic heterocycles. The molecule has 3 aromatic rings. The van der Waals surface area contributed by atoms with Gasteiger partial charge in [-0.1, -0.05) is 12.1 Å². The van der Waals surface area contributed by atoms with Crippen molar-refractivity contribution in [1.29, 1.82) is 0 Å². The fourth-order valence-electron chi connectivity index (χ4n) is 3.06. The topological polar surface area (TPSA) is 39.1 Å². The lowest BCUT2D eigenvalue weighted by molar-refractivity contribution is 0.416. The molecule has 0 aliphatic carbocycles. The van der Waals surface area contributed by atoms with Crippen LogP contribution in [0.5, 0.6) is 5.75 Å². The van der Waals surface area contributed by atoms with E-state index in [9.17, 15) is 8.78 Å². The quantitative estimate of drug-likeness (QED) is 0.795. The maximum atomic E-state index is 14.2. The van der Waals surface area contributed by atoms with Crippen molar-refractivity contribution in [3.63, 3.8) is 0 Å². The highest BCUT2D eigenvalue weighted by atomic mass is 19.1. The second kappa shape index (κ2) is 5.63. The Morgan fingerprint density at radius 3 is 2.79 bits per heavy atom. The van der Waals surface area contributed by atoms with E-state index in [2.05, 4.69) is 10.4 Å². The molecular weight excluding hydrogens is 312 g/mol. The van der Waals surface area contributed by atoms with E-state index in [1.54, 1.807) is 7.11 Å². The Morgan fingerprint density at radius 1 is 1.17 bits per heavy atom. The van der Waals surface area contributed by atoms with E-state index in [1.165, 1.54) is 16.8 Å². The van der Waals surface area contributed by atoms with E-state index < -0.39 is 11.6 Å². The SMILES string of the molecule is COc1ccccc1-c1nn(-c2ccc(F)cc2F)c2c1CCN2. The Hall–Kier alpha value is -2.89. The zero-order valence-corrected chi connectivity index (χ0v) is 13.0. The van der Waals surface area contributed by atoms with Crippen molar-refractivity contribution in [2.45, 2.75) is 6.42 Å². The van der Waals surface area contributed by atoms with Crippen LogP contribution < -0.4 is 10.1 Å². The third-order valence-corrected chi connectivity index (χ3v) is 4.15. The van der Waals surface area contributed by atoms with E-state index in [4.69, 9.17) is 4.74 Å². The number of hydrogen-bond acceptors (Lipinski definition) is 3. The number of aromatic nitrogens is 2. The van der Waals surface area contributed by atoms with E-state index in [1.807, 2.05) is 24.3 Å². The first kappa shape index (κ1) is 14.7. The molecule has 1 aliphatic rings. The number of halogens is 2. The van der Waals surface area contributed by atoms with Crippen molar-refractivity contribution >= 4 is 5.82 Å². The van der Waals surface area contributed by atoms with Gasteiger partial charge in [-0.25, -0.2) is 13.5 Å². The largest absolute Gasteiger partial charge is 0.496 e. The second-order valence-corrected chi connectivity index (χ2v) is 5.56. The van der Waals surface area contributed by atoms with Crippen molar-refractivity contribution in [3.05, 3.63) is 59.7 Å².